The zero-order chi connectivity index (χ0) is 12.8. The van der Waals surface area contributed by atoms with Gasteiger partial charge in [-0.25, -0.2) is 0 Å². The molecule has 0 aromatic carbocycles. The minimum Gasteiger partial charge on any atom is -0.396 e. The summed E-state index contributed by atoms with van der Waals surface area (Å²) in [6.45, 7) is 11.1. The van der Waals surface area contributed by atoms with Crippen molar-refractivity contribution in [1.29, 1.82) is 0 Å². The number of fused-ring (bicyclic) bond motifs is 1. The van der Waals surface area contributed by atoms with Gasteiger partial charge in [-0.3, -0.25) is 0 Å². The standard InChI is InChI=1S/C15H26O2/c1-10-5-6-13-14(2,3)7-11(17)8-15(13,4)12(10)9-16/h11-13,16-17H,1,5-9H2,2-4H3. The fourth-order valence-electron chi connectivity index (χ4n) is 4.78. The fraction of sp³-hybridized carbons (Fsp3) is 0.867. The Labute approximate surface area is 105 Å². The van der Waals surface area contributed by atoms with Crippen LogP contribution in [-0.2, 0) is 0 Å². The first-order valence-electron chi connectivity index (χ1n) is 6.78. The van der Waals surface area contributed by atoms with E-state index in [4.69, 9.17) is 0 Å². The predicted octanol–water partition coefficient (Wildman–Crippen LogP) is 2.75. The Morgan fingerprint density at radius 3 is 2.53 bits per heavy atom. The molecule has 98 valence electrons. The van der Waals surface area contributed by atoms with Crippen LogP contribution in [0.2, 0.25) is 0 Å². The van der Waals surface area contributed by atoms with Gasteiger partial charge in [-0.1, -0.05) is 32.9 Å². The van der Waals surface area contributed by atoms with Crippen LogP contribution < -0.4 is 0 Å². The van der Waals surface area contributed by atoms with Crippen molar-refractivity contribution in [3.05, 3.63) is 12.2 Å². The highest BCUT2D eigenvalue weighted by molar-refractivity contribution is 5.16. The van der Waals surface area contributed by atoms with E-state index in [1.165, 1.54) is 5.57 Å². The minimum absolute atomic E-state index is 0.0191. The summed E-state index contributed by atoms with van der Waals surface area (Å²) in [4.78, 5) is 0. The summed E-state index contributed by atoms with van der Waals surface area (Å²) in [5, 5.41) is 19.8. The topological polar surface area (TPSA) is 40.5 Å². The summed E-state index contributed by atoms with van der Waals surface area (Å²) < 4.78 is 0. The van der Waals surface area contributed by atoms with E-state index >= 15 is 0 Å². The third-order valence-corrected chi connectivity index (χ3v) is 5.40. The van der Waals surface area contributed by atoms with Crippen LogP contribution in [0.1, 0.15) is 46.5 Å². The number of hydrogen-bond donors (Lipinski definition) is 2. The average molecular weight is 238 g/mol. The molecule has 2 rings (SSSR count). The molecule has 2 heteroatoms. The van der Waals surface area contributed by atoms with Crippen LogP contribution in [0.4, 0.5) is 0 Å². The van der Waals surface area contributed by atoms with Crippen molar-refractivity contribution in [3.63, 3.8) is 0 Å². The van der Waals surface area contributed by atoms with E-state index in [0.717, 1.165) is 25.7 Å². The molecule has 4 atom stereocenters. The van der Waals surface area contributed by atoms with Gasteiger partial charge >= 0.3 is 0 Å². The molecular formula is C15H26O2. The van der Waals surface area contributed by atoms with Gasteiger partial charge in [0, 0.05) is 5.92 Å². The Hall–Kier alpha value is -0.340. The minimum atomic E-state index is -0.230. The maximum absolute atomic E-state index is 10.1. The summed E-state index contributed by atoms with van der Waals surface area (Å²) in [7, 11) is 0. The molecule has 0 bridgehead atoms. The highest BCUT2D eigenvalue weighted by Crippen LogP contribution is 2.60. The zero-order valence-corrected chi connectivity index (χ0v) is 11.4. The van der Waals surface area contributed by atoms with Crippen molar-refractivity contribution >= 4 is 0 Å². The molecule has 2 nitrogen and oxygen atoms in total. The molecule has 0 heterocycles. The van der Waals surface area contributed by atoms with Gasteiger partial charge in [0.1, 0.15) is 0 Å². The third kappa shape index (κ3) is 1.96. The quantitative estimate of drug-likeness (QED) is 0.690. The second kappa shape index (κ2) is 4.10. The SMILES string of the molecule is C=C1CCC2C(C)(C)CC(O)CC2(C)C1CO. The number of aliphatic hydroxyl groups excluding tert-OH is 2. The van der Waals surface area contributed by atoms with Crippen LogP contribution in [0.15, 0.2) is 12.2 Å². The molecule has 0 spiro atoms. The molecule has 2 N–H and O–H groups in total. The second-order valence-electron chi connectivity index (χ2n) is 7.04. The van der Waals surface area contributed by atoms with Crippen molar-refractivity contribution in [3.8, 4) is 0 Å². The average Bonchev–Trinajstić information content (AvgIpc) is 2.13. The van der Waals surface area contributed by atoms with Crippen LogP contribution in [0, 0.1) is 22.7 Å². The molecule has 17 heavy (non-hydrogen) atoms. The molecule has 0 saturated heterocycles. The lowest BCUT2D eigenvalue weighted by Crippen LogP contribution is -2.53. The molecule has 0 aromatic heterocycles. The first-order chi connectivity index (χ1) is 7.81. The van der Waals surface area contributed by atoms with Crippen LogP contribution in [0.5, 0.6) is 0 Å². The maximum atomic E-state index is 10.1. The molecule has 2 aliphatic rings. The summed E-state index contributed by atoms with van der Waals surface area (Å²) in [6.07, 6.45) is 3.66. The largest absolute Gasteiger partial charge is 0.396 e. The van der Waals surface area contributed by atoms with Gasteiger partial charge in [0.25, 0.3) is 0 Å². The summed E-state index contributed by atoms with van der Waals surface area (Å²) in [5.74, 6) is 0.747. The normalized spacial score (nSPS) is 45.5. The molecule has 2 aliphatic carbocycles. The van der Waals surface area contributed by atoms with Crippen LogP contribution in [-0.4, -0.2) is 22.9 Å². The van der Waals surface area contributed by atoms with E-state index in [2.05, 4.69) is 27.4 Å². The summed E-state index contributed by atoms with van der Waals surface area (Å²) in [5.41, 5.74) is 1.36. The van der Waals surface area contributed by atoms with Crippen molar-refractivity contribution in [1.82, 2.24) is 0 Å². The second-order valence-corrected chi connectivity index (χ2v) is 7.04. The van der Waals surface area contributed by atoms with Crippen LogP contribution in [0.25, 0.3) is 0 Å². The third-order valence-electron chi connectivity index (χ3n) is 5.40. The van der Waals surface area contributed by atoms with Gasteiger partial charge in [0.2, 0.25) is 0 Å². The smallest absolute Gasteiger partial charge is 0.0551 e. The van der Waals surface area contributed by atoms with E-state index in [1.807, 2.05) is 0 Å². The molecule has 2 saturated carbocycles. The lowest BCUT2D eigenvalue weighted by Gasteiger charge is -2.58. The first-order valence-corrected chi connectivity index (χ1v) is 6.78. The molecule has 0 aromatic rings. The van der Waals surface area contributed by atoms with Crippen molar-refractivity contribution < 1.29 is 10.2 Å². The van der Waals surface area contributed by atoms with Gasteiger partial charge in [0.05, 0.1) is 12.7 Å². The highest BCUT2D eigenvalue weighted by atomic mass is 16.3. The van der Waals surface area contributed by atoms with Gasteiger partial charge in [-0.15, -0.1) is 0 Å². The summed E-state index contributed by atoms with van der Waals surface area (Å²) >= 11 is 0. The molecule has 0 radical (unpaired) electrons. The number of aliphatic hydroxyl groups is 2. The van der Waals surface area contributed by atoms with Crippen LogP contribution in [0.3, 0.4) is 0 Å². The monoisotopic (exact) mass is 238 g/mol. The Kier molecular flexibility index (Phi) is 3.16. The first kappa shape index (κ1) is 13.1. The number of hydrogen-bond acceptors (Lipinski definition) is 2. The molecule has 4 unspecified atom stereocenters. The van der Waals surface area contributed by atoms with Gasteiger partial charge < -0.3 is 10.2 Å². The molecule has 0 amide bonds. The predicted molar refractivity (Wildman–Crippen MR) is 69.6 cm³/mol. The Balaban J connectivity index is 2.38. The van der Waals surface area contributed by atoms with E-state index in [1.54, 1.807) is 0 Å². The zero-order valence-electron chi connectivity index (χ0n) is 11.4. The van der Waals surface area contributed by atoms with E-state index in [9.17, 15) is 10.2 Å². The lowest BCUT2D eigenvalue weighted by atomic mass is 9.47. The van der Waals surface area contributed by atoms with Gasteiger partial charge in [0.15, 0.2) is 0 Å². The fourth-order valence-corrected chi connectivity index (χ4v) is 4.78. The lowest BCUT2D eigenvalue weighted by molar-refractivity contribution is -0.112. The van der Waals surface area contributed by atoms with E-state index < -0.39 is 0 Å². The Morgan fingerprint density at radius 1 is 1.29 bits per heavy atom. The van der Waals surface area contributed by atoms with Crippen molar-refractivity contribution in [2.75, 3.05) is 6.61 Å². The Bertz CT molecular complexity index is 321. The number of rotatable bonds is 1. The Morgan fingerprint density at radius 2 is 1.94 bits per heavy atom. The van der Waals surface area contributed by atoms with Gasteiger partial charge in [-0.2, -0.15) is 0 Å². The highest BCUT2D eigenvalue weighted by Gasteiger charge is 2.54. The maximum Gasteiger partial charge on any atom is 0.0551 e. The van der Waals surface area contributed by atoms with E-state index in [0.29, 0.717) is 5.92 Å². The molecule has 2 fully saturated rings. The van der Waals surface area contributed by atoms with E-state index in [-0.39, 0.29) is 29.5 Å². The molecule has 0 aliphatic heterocycles. The molecular weight excluding hydrogens is 212 g/mol. The van der Waals surface area contributed by atoms with Crippen molar-refractivity contribution in [2.45, 2.75) is 52.6 Å². The van der Waals surface area contributed by atoms with Gasteiger partial charge in [-0.05, 0) is 42.4 Å². The summed E-state index contributed by atoms with van der Waals surface area (Å²) in [6, 6.07) is 0. The van der Waals surface area contributed by atoms with Crippen LogP contribution >= 0.6 is 0 Å². The van der Waals surface area contributed by atoms with Crippen molar-refractivity contribution in [2.24, 2.45) is 22.7 Å².